The summed E-state index contributed by atoms with van der Waals surface area (Å²) in [5.74, 6) is -0.159. The molecule has 1 aliphatic carbocycles. The van der Waals surface area contributed by atoms with Crippen molar-refractivity contribution in [2.45, 2.75) is 25.9 Å². The molecule has 1 aromatic carbocycles. The summed E-state index contributed by atoms with van der Waals surface area (Å²) in [5, 5.41) is 9.20. The molecule has 1 aromatic rings. The van der Waals surface area contributed by atoms with Gasteiger partial charge < -0.3 is 10.0 Å². The predicted molar refractivity (Wildman–Crippen MR) is 66.8 cm³/mol. The highest BCUT2D eigenvalue weighted by atomic mass is 19.1. The summed E-state index contributed by atoms with van der Waals surface area (Å²) in [7, 11) is 1.71. The van der Waals surface area contributed by atoms with Gasteiger partial charge in [-0.15, -0.1) is 0 Å². The Morgan fingerprint density at radius 1 is 1.50 bits per heavy atom. The lowest BCUT2D eigenvalue weighted by Crippen LogP contribution is -2.39. The molecule has 0 aliphatic heterocycles. The first-order valence-corrected chi connectivity index (χ1v) is 6.17. The van der Waals surface area contributed by atoms with E-state index in [-0.39, 0.29) is 17.8 Å². The van der Waals surface area contributed by atoms with E-state index >= 15 is 0 Å². The monoisotopic (exact) mass is 251 g/mol. The number of nitrogens with zero attached hydrogens (tertiary/aromatic N) is 1. The van der Waals surface area contributed by atoms with Gasteiger partial charge in [-0.25, -0.2) is 4.39 Å². The van der Waals surface area contributed by atoms with E-state index in [1.54, 1.807) is 31.0 Å². The average Bonchev–Trinajstić information content (AvgIpc) is 2.29. The third-order valence-corrected chi connectivity index (χ3v) is 3.51. The topological polar surface area (TPSA) is 40.5 Å². The van der Waals surface area contributed by atoms with Crippen molar-refractivity contribution in [2.24, 2.45) is 5.92 Å². The van der Waals surface area contributed by atoms with Crippen molar-refractivity contribution in [3.63, 3.8) is 0 Å². The van der Waals surface area contributed by atoms with Crippen molar-refractivity contribution in [1.82, 2.24) is 4.90 Å². The van der Waals surface area contributed by atoms with E-state index in [0.29, 0.717) is 23.6 Å². The van der Waals surface area contributed by atoms with E-state index in [1.165, 1.54) is 6.07 Å². The van der Waals surface area contributed by atoms with Crippen LogP contribution in [0.5, 0.6) is 0 Å². The Morgan fingerprint density at radius 2 is 2.17 bits per heavy atom. The molecular weight excluding hydrogens is 233 g/mol. The average molecular weight is 251 g/mol. The highest BCUT2D eigenvalue weighted by Gasteiger charge is 2.29. The molecule has 0 atom stereocenters. The van der Waals surface area contributed by atoms with E-state index < -0.39 is 0 Å². The molecule has 0 unspecified atom stereocenters. The number of aliphatic hydroxyl groups excluding tert-OH is 1. The number of carbonyl (C=O) groups is 1. The van der Waals surface area contributed by atoms with Crippen LogP contribution in [-0.4, -0.2) is 35.6 Å². The lowest BCUT2D eigenvalue weighted by molar-refractivity contribution is 0.0265. The molecule has 18 heavy (non-hydrogen) atoms. The van der Waals surface area contributed by atoms with Crippen molar-refractivity contribution in [2.75, 3.05) is 13.6 Å². The fourth-order valence-corrected chi connectivity index (χ4v) is 2.27. The van der Waals surface area contributed by atoms with Gasteiger partial charge in [0.1, 0.15) is 5.82 Å². The van der Waals surface area contributed by atoms with Crippen LogP contribution in [0.3, 0.4) is 0 Å². The Morgan fingerprint density at radius 3 is 2.72 bits per heavy atom. The summed E-state index contributed by atoms with van der Waals surface area (Å²) in [6.07, 6.45) is 1.29. The van der Waals surface area contributed by atoms with Gasteiger partial charge in [-0.3, -0.25) is 4.79 Å². The Hall–Kier alpha value is -1.42. The molecule has 1 aliphatic rings. The van der Waals surface area contributed by atoms with Crippen molar-refractivity contribution in [3.8, 4) is 0 Å². The second-order valence-electron chi connectivity index (χ2n) is 5.14. The van der Waals surface area contributed by atoms with Crippen molar-refractivity contribution in [1.29, 1.82) is 0 Å². The first-order chi connectivity index (χ1) is 8.47. The van der Waals surface area contributed by atoms with Crippen LogP contribution in [0.2, 0.25) is 0 Å². The van der Waals surface area contributed by atoms with Crippen LogP contribution in [0.1, 0.15) is 28.8 Å². The Balaban J connectivity index is 1.99. The third-order valence-electron chi connectivity index (χ3n) is 3.51. The molecule has 1 fully saturated rings. The number of halogens is 1. The van der Waals surface area contributed by atoms with Gasteiger partial charge in [0.2, 0.25) is 0 Å². The first-order valence-electron chi connectivity index (χ1n) is 6.17. The van der Waals surface area contributed by atoms with E-state index in [9.17, 15) is 14.3 Å². The largest absolute Gasteiger partial charge is 0.393 e. The van der Waals surface area contributed by atoms with Crippen LogP contribution in [0.15, 0.2) is 18.2 Å². The molecule has 1 N–H and O–H groups in total. The highest BCUT2D eigenvalue weighted by Crippen LogP contribution is 2.27. The summed E-state index contributed by atoms with van der Waals surface area (Å²) < 4.78 is 13.4. The summed E-state index contributed by atoms with van der Waals surface area (Å²) in [4.78, 5) is 13.7. The van der Waals surface area contributed by atoms with Gasteiger partial charge in [0, 0.05) is 19.2 Å². The molecule has 0 bridgehead atoms. The van der Waals surface area contributed by atoms with Gasteiger partial charge in [0.25, 0.3) is 5.91 Å². The standard InChI is InChI=1S/C14H18FNO2/c1-9-3-4-11(7-13(9)15)14(18)16(2)8-10-5-12(17)6-10/h3-4,7,10,12,17H,5-6,8H2,1-2H3. The second kappa shape index (κ2) is 5.06. The SMILES string of the molecule is Cc1ccc(C(=O)N(C)CC2CC(O)C2)cc1F. The van der Waals surface area contributed by atoms with Gasteiger partial charge in [-0.1, -0.05) is 6.07 Å². The van der Waals surface area contributed by atoms with Crippen LogP contribution in [0, 0.1) is 18.7 Å². The molecular formula is C14H18FNO2. The Bertz CT molecular complexity index is 455. The highest BCUT2D eigenvalue weighted by molar-refractivity contribution is 5.94. The maximum absolute atomic E-state index is 13.4. The number of aliphatic hydroxyl groups is 1. The van der Waals surface area contributed by atoms with Gasteiger partial charge in [-0.05, 0) is 43.4 Å². The zero-order valence-corrected chi connectivity index (χ0v) is 10.7. The number of aryl methyl sites for hydroxylation is 1. The lowest BCUT2D eigenvalue weighted by Gasteiger charge is -2.34. The van der Waals surface area contributed by atoms with E-state index in [0.717, 1.165) is 12.8 Å². The molecule has 2 rings (SSSR count). The number of rotatable bonds is 3. The first kappa shape index (κ1) is 13.0. The van der Waals surface area contributed by atoms with Gasteiger partial charge >= 0.3 is 0 Å². The minimum absolute atomic E-state index is 0.171. The Labute approximate surface area is 106 Å². The zero-order valence-electron chi connectivity index (χ0n) is 10.7. The molecule has 4 heteroatoms. The molecule has 3 nitrogen and oxygen atoms in total. The normalized spacial score (nSPS) is 22.4. The smallest absolute Gasteiger partial charge is 0.253 e. The third kappa shape index (κ3) is 2.70. The fourth-order valence-electron chi connectivity index (χ4n) is 2.27. The summed E-state index contributed by atoms with van der Waals surface area (Å²) in [5.41, 5.74) is 0.914. The molecule has 1 saturated carbocycles. The van der Waals surface area contributed by atoms with Crippen LogP contribution in [0.4, 0.5) is 4.39 Å². The molecule has 0 aromatic heterocycles. The van der Waals surface area contributed by atoms with E-state index in [2.05, 4.69) is 0 Å². The molecule has 0 heterocycles. The molecule has 0 spiro atoms. The van der Waals surface area contributed by atoms with Crippen LogP contribution in [-0.2, 0) is 0 Å². The number of amides is 1. The van der Waals surface area contributed by atoms with Crippen molar-refractivity contribution >= 4 is 5.91 Å². The maximum atomic E-state index is 13.4. The lowest BCUT2D eigenvalue weighted by atomic mass is 9.82. The second-order valence-corrected chi connectivity index (χ2v) is 5.14. The summed E-state index contributed by atoms with van der Waals surface area (Å²) in [6.45, 7) is 2.29. The summed E-state index contributed by atoms with van der Waals surface area (Å²) in [6, 6.07) is 4.54. The van der Waals surface area contributed by atoms with E-state index in [1.807, 2.05) is 0 Å². The van der Waals surface area contributed by atoms with Crippen molar-refractivity contribution < 1.29 is 14.3 Å². The Kier molecular flexibility index (Phi) is 3.66. The van der Waals surface area contributed by atoms with Crippen LogP contribution < -0.4 is 0 Å². The minimum atomic E-state index is -0.353. The van der Waals surface area contributed by atoms with E-state index in [4.69, 9.17) is 0 Å². The van der Waals surface area contributed by atoms with Gasteiger partial charge in [0.15, 0.2) is 0 Å². The number of benzene rings is 1. The molecule has 98 valence electrons. The van der Waals surface area contributed by atoms with Crippen molar-refractivity contribution in [3.05, 3.63) is 35.1 Å². The molecule has 0 saturated heterocycles. The van der Waals surface area contributed by atoms with Gasteiger partial charge in [-0.2, -0.15) is 0 Å². The minimum Gasteiger partial charge on any atom is -0.393 e. The summed E-state index contributed by atoms with van der Waals surface area (Å²) >= 11 is 0. The maximum Gasteiger partial charge on any atom is 0.253 e. The van der Waals surface area contributed by atoms with Crippen LogP contribution >= 0.6 is 0 Å². The number of carbonyl (C=O) groups excluding carboxylic acids is 1. The fraction of sp³-hybridized carbons (Fsp3) is 0.500. The number of hydrogen-bond donors (Lipinski definition) is 1. The van der Waals surface area contributed by atoms with Crippen LogP contribution in [0.25, 0.3) is 0 Å². The van der Waals surface area contributed by atoms with Gasteiger partial charge in [0.05, 0.1) is 6.10 Å². The predicted octanol–water partition coefficient (Wildman–Crippen LogP) is 1.98. The molecule has 1 amide bonds. The number of hydrogen-bond acceptors (Lipinski definition) is 2. The molecule has 0 radical (unpaired) electrons. The zero-order chi connectivity index (χ0) is 13.3. The quantitative estimate of drug-likeness (QED) is 0.892.